The third-order valence-corrected chi connectivity index (χ3v) is 6.81. The summed E-state index contributed by atoms with van der Waals surface area (Å²) in [6.07, 6.45) is 11.6. The van der Waals surface area contributed by atoms with Gasteiger partial charge in [-0.3, -0.25) is 0 Å². The van der Waals surface area contributed by atoms with Crippen LogP contribution >= 0.6 is 0 Å². The van der Waals surface area contributed by atoms with E-state index in [0.29, 0.717) is 11.9 Å². The van der Waals surface area contributed by atoms with Crippen molar-refractivity contribution >= 4 is 0 Å². The first-order valence-electron chi connectivity index (χ1n) is 10.8. The molecule has 1 saturated carbocycles. The SMILES string of the molecule is CC#C[C@@]1(O)CC[C@@]2(CCCC)c3ccc(Oc4ncccn4)cc3CC[C@@H]2C1. The number of aromatic nitrogens is 2. The number of hydrogen-bond donors (Lipinski definition) is 1. The van der Waals surface area contributed by atoms with Crippen LogP contribution in [-0.2, 0) is 11.8 Å². The lowest BCUT2D eigenvalue weighted by Crippen LogP contribution is -2.49. The standard InChI is InChI=1S/C25H30N2O2/c1-3-5-12-25-14-13-24(28,11-4-2)18-20(25)8-7-19-17-21(9-10-22(19)25)29-23-26-15-6-16-27-23/h6,9-10,15-17,20,28H,3,5,7-8,12-14,18H2,1-2H3/t20-,24-,25-/m1/s1. The average molecular weight is 391 g/mol. The highest BCUT2D eigenvalue weighted by atomic mass is 16.5. The molecule has 1 aromatic carbocycles. The van der Waals surface area contributed by atoms with Crippen LogP contribution in [-0.4, -0.2) is 20.7 Å². The summed E-state index contributed by atoms with van der Waals surface area (Å²) >= 11 is 0. The second-order valence-electron chi connectivity index (χ2n) is 8.56. The maximum atomic E-state index is 11.0. The van der Waals surface area contributed by atoms with Crippen LogP contribution in [0.5, 0.6) is 11.8 Å². The predicted molar refractivity (Wildman–Crippen MR) is 114 cm³/mol. The van der Waals surface area contributed by atoms with Gasteiger partial charge in [-0.1, -0.05) is 31.8 Å². The Hall–Kier alpha value is -2.38. The first-order chi connectivity index (χ1) is 14.1. The van der Waals surface area contributed by atoms with Crippen LogP contribution in [0.4, 0.5) is 0 Å². The Bertz CT molecular complexity index is 917. The fourth-order valence-electron chi connectivity index (χ4n) is 5.47. The molecular weight excluding hydrogens is 360 g/mol. The highest BCUT2D eigenvalue weighted by molar-refractivity contribution is 5.44. The molecule has 1 N–H and O–H groups in total. The van der Waals surface area contributed by atoms with Crippen molar-refractivity contribution in [2.24, 2.45) is 5.92 Å². The molecule has 4 heteroatoms. The fourth-order valence-corrected chi connectivity index (χ4v) is 5.47. The second-order valence-corrected chi connectivity index (χ2v) is 8.56. The van der Waals surface area contributed by atoms with Crippen molar-refractivity contribution in [3.8, 4) is 23.6 Å². The van der Waals surface area contributed by atoms with Crippen molar-refractivity contribution in [2.45, 2.75) is 76.2 Å². The highest BCUT2D eigenvalue weighted by Gasteiger charge is 2.50. The van der Waals surface area contributed by atoms with Crippen LogP contribution < -0.4 is 4.74 Å². The highest BCUT2D eigenvalue weighted by Crippen LogP contribution is 2.55. The van der Waals surface area contributed by atoms with Gasteiger partial charge in [-0.15, -0.1) is 5.92 Å². The molecule has 1 aromatic heterocycles. The summed E-state index contributed by atoms with van der Waals surface area (Å²) in [5.74, 6) is 7.32. The molecule has 4 rings (SSSR count). The number of hydrogen-bond acceptors (Lipinski definition) is 4. The number of ether oxygens (including phenoxy) is 1. The first kappa shape index (κ1) is 19.9. The van der Waals surface area contributed by atoms with E-state index in [1.54, 1.807) is 18.5 Å². The van der Waals surface area contributed by atoms with Gasteiger partial charge in [-0.2, -0.15) is 0 Å². The molecule has 0 saturated heterocycles. The third kappa shape index (κ3) is 3.89. The van der Waals surface area contributed by atoms with Gasteiger partial charge in [0.05, 0.1) is 0 Å². The van der Waals surface area contributed by atoms with Crippen LogP contribution in [0.2, 0.25) is 0 Å². The summed E-state index contributed by atoms with van der Waals surface area (Å²) in [7, 11) is 0. The molecule has 0 aliphatic heterocycles. The maximum absolute atomic E-state index is 11.0. The van der Waals surface area contributed by atoms with Crippen molar-refractivity contribution in [3.05, 3.63) is 47.8 Å². The molecule has 3 atom stereocenters. The van der Waals surface area contributed by atoms with Gasteiger partial charge in [0.1, 0.15) is 11.4 Å². The van der Waals surface area contributed by atoms with Crippen LogP contribution in [0.1, 0.15) is 69.9 Å². The molecule has 0 amide bonds. The van der Waals surface area contributed by atoms with E-state index < -0.39 is 5.60 Å². The zero-order chi connectivity index (χ0) is 20.3. The van der Waals surface area contributed by atoms with Gasteiger partial charge in [0.25, 0.3) is 0 Å². The summed E-state index contributed by atoms with van der Waals surface area (Å²) in [5.41, 5.74) is 2.15. The van der Waals surface area contributed by atoms with E-state index in [-0.39, 0.29) is 5.41 Å². The Kier molecular flexibility index (Phi) is 5.61. The number of aryl methyl sites for hydroxylation is 1. The van der Waals surface area contributed by atoms with Crippen LogP contribution in [0.3, 0.4) is 0 Å². The van der Waals surface area contributed by atoms with E-state index in [1.165, 1.54) is 30.4 Å². The van der Waals surface area contributed by atoms with E-state index in [4.69, 9.17) is 4.74 Å². The van der Waals surface area contributed by atoms with Gasteiger partial charge in [-0.25, -0.2) is 9.97 Å². The lowest BCUT2D eigenvalue weighted by atomic mass is 9.53. The fraction of sp³-hybridized carbons (Fsp3) is 0.520. The Morgan fingerprint density at radius 1 is 1.24 bits per heavy atom. The van der Waals surface area contributed by atoms with Crippen LogP contribution in [0.15, 0.2) is 36.7 Å². The quantitative estimate of drug-likeness (QED) is 0.713. The summed E-state index contributed by atoms with van der Waals surface area (Å²) < 4.78 is 5.88. The molecule has 4 nitrogen and oxygen atoms in total. The number of benzene rings is 1. The van der Waals surface area contributed by atoms with Gasteiger partial charge in [0.15, 0.2) is 0 Å². The summed E-state index contributed by atoms with van der Waals surface area (Å²) in [4.78, 5) is 8.33. The van der Waals surface area contributed by atoms with Crippen molar-refractivity contribution in [2.75, 3.05) is 0 Å². The number of aliphatic hydroxyl groups is 1. The minimum Gasteiger partial charge on any atom is -0.424 e. The molecule has 1 fully saturated rings. The summed E-state index contributed by atoms with van der Waals surface area (Å²) in [6.45, 7) is 4.08. The zero-order valence-corrected chi connectivity index (χ0v) is 17.4. The largest absolute Gasteiger partial charge is 0.424 e. The van der Waals surface area contributed by atoms with Gasteiger partial charge in [0.2, 0.25) is 0 Å². The predicted octanol–water partition coefficient (Wildman–Crippen LogP) is 5.20. The second kappa shape index (κ2) is 8.16. The molecule has 2 aliphatic carbocycles. The van der Waals surface area contributed by atoms with Crippen molar-refractivity contribution < 1.29 is 9.84 Å². The van der Waals surface area contributed by atoms with E-state index in [0.717, 1.165) is 37.9 Å². The molecule has 152 valence electrons. The van der Waals surface area contributed by atoms with Gasteiger partial charge in [-0.05, 0) is 86.1 Å². The first-order valence-corrected chi connectivity index (χ1v) is 10.8. The van der Waals surface area contributed by atoms with E-state index >= 15 is 0 Å². The Labute approximate surface area is 173 Å². The maximum Gasteiger partial charge on any atom is 0.321 e. The monoisotopic (exact) mass is 390 g/mol. The molecule has 0 unspecified atom stereocenters. The van der Waals surface area contributed by atoms with Gasteiger partial charge in [0, 0.05) is 12.4 Å². The van der Waals surface area contributed by atoms with Crippen molar-refractivity contribution in [1.82, 2.24) is 9.97 Å². The molecule has 2 aromatic rings. The summed E-state index contributed by atoms with van der Waals surface area (Å²) in [6, 6.07) is 8.64. The number of unbranched alkanes of at least 4 members (excludes halogenated alkanes) is 1. The minimum absolute atomic E-state index is 0.146. The third-order valence-electron chi connectivity index (χ3n) is 6.81. The van der Waals surface area contributed by atoms with E-state index in [9.17, 15) is 5.11 Å². The normalized spacial score (nSPS) is 27.9. The van der Waals surface area contributed by atoms with Crippen LogP contribution in [0, 0.1) is 17.8 Å². The zero-order valence-electron chi connectivity index (χ0n) is 17.4. The lowest BCUT2D eigenvalue weighted by molar-refractivity contribution is -0.0113. The number of rotatable bonds is 5. The lowest BCUT2D eigenvalue weighted by Gasteiger charge is -2.52. The number of nitrogens with zero attached hydrogens (tertiary/aromatic N) is 2. The Morgan fingerprint density at radius 2 is 2.07 bits per heavy atom. The smallest absolute Gasteiger partial charge is 0.321 e. The molecule has 0 spiro atoms. The van der Waals surface area contributed by atoms with Crippen LogP contribution in [0.25, 0.3) is 0 Å². The van der Waals surface area contributed by atoms with Crippen molar-refractivity contribution in [1.29, 1.82) is 0 Å². The summed E-state index contributed by atoms with van der Waals surface area (Å²) in [5, 5.41) is 11.0. The molecule has 0 radical (unpaired) electrons. The van der Waals surface area contributed by atoms with E-state index in [2.05, 4.69) is 46.9 Å². The van der Waals surface area contributed by atoms with Gasteiger partial charge < -0.3 is 9.84 Å². The van der Waals surface area contributed by atoms with Gasteiger partial charge >= 0.3 is 6.01 Å². The van der Waals surface area contributed by atoms with Crippen molar-refractivity contribution in [3.63, 3.8) is 0 Å². The number of fused-ring (bicyclic) bond motifs is 3. The Balaban J connectivity index is 1.66. The average Bonchev–Trinajstić information content (AvgIpc) is 2.73. The molecule has 29 heavy (non-hydrogen) atoms. The minimum atomic E-state index is -0.819. The molecule has 0 bridgehead atoms. The van der Waals surface area contributed by atoms with E-state index in [1.807, 2.05) is 6.92 Å². The Morgan fingerprint density at radius 3 is 2.83 bits per heavy atom. The molecular formula is C25H30N2O2. The topological polar surface area (TPSA) is 55.2 Å². The molecule has 1 heterocycles. The molecule has 2 aliphatic rings.